The summed E-state index contributed by atoms with van der Waals surface area (Å²) in [6, 6.07) is 7.36. The molecule has 0 radical (unpaired) electrons. The van der Waals surface area contributed by atoms with Crippen molar-refractivity contribution in [3.8, 4) is 0 Å². The smallest absolute Gasteiger partial charge is 0.295 e. The quantitative estimate of drug-likeness (QED) is 0.160. The number of carbonyl (C=O) groups excluding carboxylic acids is 2. The molecule has 2 amide bonds. The Bertz CT molecular complexity index is 1340. The number of anilines is 2. The second kappa shape index (κ2) is 11.3. The van der Waals surface area contributed by atoms with Gasteiger partial charge in [-0.2, -0.15) is 16.8 Å². The number of halogens is 4. The van der Waals surface area contributed by atoms with E-state index in [0.717, 1.165) is 12.1 Å². The van der Waals surface area contributed by atoms with Crippen molar-refractivity contribution in [3.63, 3.8) is 0 Å². The molecule has 2 aromatic carbocycles. The Labute approximate surface area is 241 Å². The van der Waals surface area contributed by atoms with Gasteiger partial charge in [0.15, 0.2) is 6.47 Å². The minimum Gasteiger partial charge on any atom is -0.324 e. The fraction of sp³-hybridized carbons (Fsp3) is 0.200. The molecule has 16 heteroatoms. The number of alkyl halides is 4. The second-order valence-corrected chi connectivity index (χ2v) is 18.7. The monoisotopic (exact) mass is 794 g/mol. The average molecular weight is 798 g/mol. The average Bonchev–Trinajstić information content (AvgIpc) is 2.70. The van der Waals surface area contributed by atoms with Crippen molar-refractivity contribution in [1.82, 2.24) is 0 Å². The lowest BCUT2D eigenvalue weighted by molar-refractivity contribution is -0.116. The number of nitrogens with one attached hydrogen (secondary N) is 2. The van der Waals surface area contributed by atoms with Gasteiger partial charge in [-0.3, -0.25) is 18.7 Å². The fourth-order valence-corrected chi connectivity index (χ4v) is 4.42. The van der Waals surface area contributed by atoms with Gasteiger partial charge in [0.2, 0.25) is 0 Å². The van der Waals surface area contributed by atoms with E-state index >= 15 is 0 Å². The summed E-state index contributed by atoms with van der Waals surface area (Å²) in [6.07, 6.45) is 2.40. The SMILES string of the molecule is CC(Br)(Br)C(=O)Nc1ccc(C=Cc2ccc(NC(=O)C(C)(Br)Br)cc2S(=O)(=O)O)c(S(=O)(=O)O)c1. The third-order valence-corrected chi connectivity index (χ3v) is 7.60. The van der Waals surface area contributed by atoms with Crippen LogP contribution in [0.15, 0.2) is 46.2 Å². The molecule has 0 saturated heterocycles. The van der Waals surface area contributed by atoms with Gasteiger partial charge in [-0.15, -0.1) is 0 Å². The highest BCUT2D eigenvalue weighted by Gasteiger charge is 2.28. The third-order valence-electron chi connectivity index (χ3n) is 4.34. The Morgan fingerprint density at radius 1 is 0.722 bits per heavy atom. The highest BCUT2D eigenvalue weighted by molar-refractivity contribution is 9.26. The van der Waals surface area contributed by atoms with Crippen molar-refractivity contribution in [2.45, 2.75) is 30.1 Å². The zero-order valence-electron chi connectivity index (χ0n) is 18.3. The van der Waals surface area contributed by atoms with Gasteiger partial charge in [-0.1, -0.05) is 88.0 Å². The maximum atomic E-state index is 12.1. The van der Waals surface area contributed by atoms with Crippen LogP contribution in [-0.2, 0) is 29.8 Å². The summed E-state index contributed by atoms with van der Waals surface area (Å²) in [5, 5.41) is 4.94. The van der Waals surface area contributed by atoms with E-state index in [9.17, 15) is 35.5 Å². The van der Waals surface area contributed by atoms with Gasteiger partial charge in [0.1, 0.15) is 9.79 Å². The van der Waals surface area contributed by atoms with Gasteiger partial charge < -0.3 is 10.6 Å². The molecule has 0 bridgehead atoms. The van der Waals surface area contributed by atoms with Gasteiger partial charge in [-0.25, -0.2) is 0 Å². The van der Waals surface area contributed by atoms with Crippen molar-refractivity contribution in [1.29, 1.82) is 0 Å². The Hall–Kier alpha value is -1.14. The summed E-state index contributed by atoms with van der Waals surface area (Å²) >= 11 is 12.4. The van der Waals surface area contributed by atoms with Crippen molar-refractivity contribution in [2.24, 2.45) is 0 Å². The highest BCUT2D eigenvalue weighted by atomic mass is 79.9. The van der Waals surface area contributed by atoms with E-state index < -0.39 is 48.3 Å². The highest BCUT2D eigenvalue weighted by Crippen LogP contribution is 2.30. The van der Waals surface area contributed by atoms with E-state index in [1.807, 2.05) is 0 Å². The van der Waals surface area contributed by atoms with Crippen molar-refractivity contribution in [2.75, 3.05) is 10.6 Å². The normalized spacial score (nSPS) is 13.0. The van der Waals surface area contributed by atoms with Crippen LogP contribution in [0.25, 0.3) is 12.2 Å². The predicted octanol–water partition coefficient (Wildman–Crippen LogP) is 5.24. The summed E-state index contributed by atoms with van der Waals surface area (Å²) < 4.78 is 64.9. The van der Waals surface area contributed by atoms with Crippen LogP contribution in [-0.4, -0.2) is 44.2 Å². The standard InChI is InChI=1S/C20H18Br4N2O8S2/c1-19(21,22)17(27)25-13-7-5-11(15(9-13)35(29,30)31)3-4-12-6-8-14(10-16(12)36(32,33)34)26-18(28)20(2,23)24/h3-10H,1-2H3,(H,25,27)(H,26,28)(H,29,30,31)(H,32,33,34). The van der Waals surface area contributed by atoms with Crippen LogP contribution < -0.4 is 10.6 Å². The molecule has 4 N–H and O–H groups in total. The minimum absolute atomic E-state index is 0.0380. The van der Waals surface area contributed by atoms with Crippen LogP contribution in [0.5, 0.6) is 0 Å². The molecular formula is C20H18Br4N2O8S2. The first-order chi connectivity index (χ1) is 16.2. The zero-order valence-corrected chi connectivity index (χ0v) is 26.3. The summed E-state index contributed by atoms with van der Waals surface area (Å²) in [4.78, 5) is 23.1. The molecular weight excluding hydrogens is 780 g/mol. The molecule has 2 aromatic rings. The first-order valence-corrected chi connectivity index (χ1v) is 15.5. The van der Waals surface area contributed by atoms with Crippen molar-refractivity contribution >= 4 is 119 Å². The summed E-state index contributed by atoms with van der Waals surface area (Å²) in [6.45, 7) is 3.01. The number of amides is 2. The molecule has 196 valence electrons. The van der Waals surface area contributed by atoms with Crippen LogP contribution in [0.2, 0.25) is 0 Å². The number of rotatable bonds is 8. The van der Waals surface area contributed by atoms with Crippen LogP contribution >= 0.6 is 63.7 Å². The Morgan fingerprint density at radius 2 is 1.03 bits per heavy atom. The molecule has 0 unspecified atom stereocenters. The second-order valence-electron chi connectivity index (χ2n) is 7.47. The van der Waals surface area contributed by atoms with Gasteiger partial charge in [-0.05, 0) is 49.2 Å². The predicted molar refractivity (Wildman–Crippen MR) is 151 cm³/mol. The number of hydrogen-bond acceptors (Lipinski definition) is 6. The lowest BCUT2D eigenvalue weighted by Crippen LogP contribution is -2.28. The lowest BCUT2D eigenvalue weighted by Gasteiger charge is -2.15. The van der Waals surface area contributed by atoms with Crippen LogP contribution in [0, 0.1) is 0 Å². The minimum atomic E-state index is -4.75. The van der Waals surface area contributed by atoms with Gasteiger partial charge in [0.05, 0.1) is 0 Å². The molecule has 0 heterocycles. The van der Waals surface area contributed by atoms with Gasteiger partial charge in [0, 0.05) is 11.4 Å². The van der Waals surface area contributed by atoms with Crippen LogP contribution in [0.4, 0.5) is 11.4 Å². The molecule has 10 nitrogen and oxygen atoms in total. The summed E-state index contributed by atoms with van der Waals surface area (Å²) in [5.41, 5.74) is 0.0614. The van der Waals surface area contributed by atoms with Crippen LogP contribution in [0.3, 0.4) is 0 Å². The fourth-order valence-electron chi connectivity index (χ4n) is 2.61. The summed E-state index contributed by atoms with van der Waals surface area (Å²) in [7, 11) is -9.51. The van der Waals surface area contributed by atoms with E-state index in [1.165, 1.54) is 50.3 Å². The molecule has 0 aromatic heterocycles. The zero-order chi connectivity index (χ0) is 27.7. The molecule has 0 saturated carbocycles. The van der Waals surface area contributed by atoms with E-state index in [4.69, 9.17) is 0 Å². The maximum absolute atomic E-state index is 12.1. The number of benzene rings is 2. The lowest BCUT2D eigenvalue weighted by atomic mass is 10.1. The largest absolute Gasteiger partial charge is 0.324 e. The van der Waals surface area contributed by atoms with Crippen molar-refractivity contribution < 1.29 is 35.5 Å². The topological polar surface area (TPSA) is 167 Å². The van der Waals surface area contributed by atoms with Crippen molar-refractivity contribution in [3.05, 3.63) is 47.5 Å². The molecule has 0 aliphatic rings. The Balaban J connectivity index is 2.51. The molecule has 2 rings (SSSR count). The first-order valence-electron chi connectivity index (χ1n) is 9.49. The molecule has 0 fully saturated rings. The van der Waals surface area contributed by atoms with E-state index in [0.29, 0.717) is 0 Å². The third kappa shape index (κ3) is 8.72. The van der Waals surface area contributed by atoms with E-state index in [-0.39, 0.29) is 22.5 Å². The van der Waals surface area contributed by atoms with Gasteiger partial charge >= 0.3 is 0 Å². The van der Waals surface area contributed by atoms with Crippen LogP contribution in [0.1, 0.15) is 25.0 Å². The molecule has 0 aliphatic carbocycles. The first kappa shape index (κ1) is 31.1. The maximum Gasteiger partial charge on any atom is 0.295 e. The Morgan fingerprint density at radius 3 is 1.28 bits per heavy atom. The van der Waals surface area contributed by atoms with Gasteiger partial charge in [0.25, 0.3) is 32.1 Å². The van der Waals surface area contributed by atoms with E-state index in [2.05, 4.69) is 74.4 Å². The number of carbonyl (C=O) groups is 2. The Kier molecular flexibility index (Phi) is 9.76. The summed E-state index contributed by atoms with van der Waals surface area (Å²) in [5.74, 6) is -1.09. The number of hydrogen-bond donors (Lipinski definition) is 4. The molecule has 36 heavy (non-hydrogen) atoms. The molecule has 0 spiro atoms. The molecule has 0 aliphatic heterocycles. The molecule has 0 atom stereocenters. The van der Waals surface area contributed by atoms with E-state index in [1.54, 1.807) is 0 Å².